The molecule has 0 spiro atoms. The zero-order chi connectivity index (χ0) is 15.2. The molecule has 0 saturated carbocycles. The zero-order valence-corrected chi connectivity index (χ0v) is 13.2. The van der Waals surface area contributed by atoms with E-state index in [-0.39, 0.29) is 12.3 Å². The Morgan fingerprint density at radius 1 is 0.870 bits per heavy atom. The van der Waals surface area contributed by atoms with Gasteiger partial charge in [-0.2, -0.15) is 0 Å². The van der Waals surface area contributed by atoms with E-state index in [0.29, 0.717) is 0 Å². The molecule has 0 fully saturated rings. The molecule has 23 heavy (non-hydrogen) atoms. The molecule has 3 aromatic rings. The van der Waals surface area contributed by atoms with Gasteiger partial charge < -0.3 is 9.64 Å². The molecule has 3 heteroatoms. The summed E-state index contributed by atoms with van der Waals surface area (Å²) in [6.07, 6.45) is 4.25. The summed E-state index contributed by atoms with van der Waals surface area (Å²) in [6.45, 7) is 0. The van der Waals surface area contributed by atoms with Crippen molar-refractivity contribution in [3.63, 3.8) is 0 Å². The van der Waals surface area contributed by atoms with Crippen molar-refractivity contribution in [2.75, 3.05) is 4.90 Å². The number of para-hydroxylation sites is 2. The number of benzene rings is 2. The summed E-state index contributed by atoms with van der Waals surface area (Å²) < 4.78 is 6.47. The van der Waals surface area contributed by atoms with Crippen molar-refractivity contribution in [3.05, 3.63) is 88.1 Å². The molecule has 0 aliphatic carbocycles. The Morgan fingerprint density at radius 2 is 1.70 bits per heavy atom. The van der Waals surface area contributed by atoms with E-state index in [1.165, 1.54) is 27.4 Å². The lowest BCUT2D eigenvalue weighted by Crippen LogP contribution is -2.39. The number of fused-ring (bicyclic) bond motifs is 5. The minimum Gasteiger partial charge on any atom is -0.341 e. The second-order valence-corrected chi connectivity index (χ2v) is 6.75. The molecule has 2 atom stereocenters. The molecule has 3 heterocycles. The lowest BCUT2D eigenvalue weighted by Gasteiger charge is -2.43. The monoisotopic (exact) mass is 317 g/mol. The van der Waals surface area contributed by atoms with Crippen molar-refractivity contribution in [1.82, 2.24) is 0 Å². The van der Waals surface area contributed by atoms with Crippen molar-refractivity contribution in [3.8, 4) is 0 Å². The predicted octanol–water partition coefficient (Wildman–Crippen LogP) is 5.36. The van der Waals surface area contributed by atoms with Crippen LogP contribution in [0, 0.1) is 0 Å². The second-order valence-electron chi connectivity index (χ2n) is 5.77. The fourth-order valence-corrected chi connectivity index (χ4v) is 4.21. The summed E-state index contributed by atoms with van der Waals surface area (Å²) in [5.41, 5.74) is 4.91. The molecule has 0 amide bonds. The van der Waals surface area contributed by atoms with E-state index >= 15 is 0 Å². The van der Waals surface area contributed by atoms with Gasteiger partial charge in [0.15, 0.2) is 6.23 Å². The SMILES string of the molecule is C1=C[C@@H]2O[C@H](c3cccs3)c3ccccc3N2c2ccccc21. The van der Waals surface area contributed by atoms with Crippen molar-refractivity contribution in [2.24, 2.45) is 0 Å². The Balaban J connectivity index is 1.71. The Kier molecular flexibility index (Phi) is 2.90. The highest BCUT2D eigenvalue weighted by Crippen LogP contribution is 2.47. The van der Waals surface area contributed by atoms with Crippen LogP contribution in [-0.2, 0) is 4.74 Å². The van der Waals surface area contributed by atoms with Crippen molar-refractivity contribution >= 4 is 28.8 Å². The van der Waals surface area contributed by atoms with Gasteiger partial charge in [-0.05, 0) is 35.2 Å². The maximum absolute atomic E-state index is 6.47. The van der Waals surface area contributed by atoms with Crippen LogP contribution in [0.15, 0.2) is 72.1 Å². The molecule has 0 radical (unpaired) electrons. The number of thiophene rings is 1. The minimum atomic E-state index is -0.0631. The smallest absolute Gasteiger partial charge is 0.155 e. The molecule has 2 nitrogen and oxygen atoms in total. The third-order valence-corrected chi connectivity index (χ3v) is 5.36. The highest BCUT2D eigenvalue weighted by Gasteiger charge is 2.36. The normalized spacial score (nSPS) is 21.5. The molecular weight excluding hydrogens is 302 g/mol. The highest BCUT2D eigenvalue weighted by molar-refractivity contribution is 7.10. The quantitative estimate of drug-likeness (QED) is 0.599. The Bertz CT molecular complexity index is 884. The molecule has 0 saturated heterocycles. The Morgan fingerprint density at radius 3 is 2.57 bits per heavy atom. The van der Waals surface area contributed by atoms with Gasteiger partial charge in [-0.3, -0.25) is 0 Å². The fraction of sp³-hybridized carbons (Fsp3) is 0.100. The second kappa shape index (κ2) is 5.08. The molecule has 2 aliphatic heterocycles. The first kappa shape index (κ1) is 13.1. The molecular formula is C20H15NOS. The molecule has 1 aromatic heterocycles. The number of nitrogens with zero attached hydrogens (tertiary/aromatic N) is 1. The first-order chi connectivity index (χ1) is 11.4. The van der Waals surface area contributed by atoms with E-state index in [2.05, 4.69) is 83.1 Å². The van der Waals surface area contributed by atoms with Crippen LogP contribution in [0.3, 0.4) is 0 Å². The van der Waals surface area contributed by atoms with Crippen LogP contribution in [0.4, 0.5) is 11.4 Å². The lowest BCUT2D eigenvalue weighted by molar-refractivity contribution is 0.0322. The Labute approximate surface area is 139 Å². The summed E-state index contributed by atoms with van der Waals surface area (Å²) in [5.74, 6) is 0. The zero-order valence-electron chi connectivity index (χ0n) is 12.4. The summed E-state index contributed by atoms with van der Waals surface area (Å²) in [4.78, 5) is 3.55. The third-order valence-electron chi connectivity index (χ3n) is 4.45. The summed E-state index contributed by atoms with van der Waals surface area (Å²) in [6, 6.07) is 21.3. The summed E-state index contributed by atoms with van der Waals surface area (Å²) in [5, 5.41) is 2.11. The van der Waals surface area contributed by atoms with Gasteiger partial charge in [0.2, 0.25) is 0 Å². The van der Waals surface area contributed by atoms with Gasteiger partial charge in [-0.25, -0.2) is 0 Å². The average Bonchev–Trinajstić information content (AvgIpc) is 3.15. The highest BCUT2D eigenvalue weighted by atomic mass is 32.1. The van der Waals surface area contributed by atoms with Crippen molar-refractivity contribution in [2.45, 2.75) is 12.3 Å². The standard InChI is InChI=1S/C20H15NOS/c1-3-8-16-14(6-1)11-12-19-21(16)17-9-4-2-7-15(17)20(22-19)18-10-5-13-23-18/h1-13,19-20H/t19-,20-/m0/s1. The maximum atomic E-state index is 6.47. The van der Waals surface area contributed by atoms with Crippen LogP contribution in [0.25, 0.3) is 6.08 Å². The number of ether oxygens (including phenoxy) is 1. The topological polar surface area (TPSA) is 12.5 Å². The first-order valence-corrected chi connectivity index (χ1v) is 8.64. The van der Waals surface area contributed by atoms with Crippen molar-refractivity contribution in [1.29, 1.82) is 0 Å². The molecule has 112 valence electrons. The van der Waals surface area contributed by atoms with E-state index < -0.39 is 0 Å². The fourth-order valence-electron chi connectivity index (χ4n) is 3.43. The van der Waals surface area contributed by atoms with Crippen LogP contribution in [-0.4, -0.2) is 6.23 Å². The molecule has 5 rings (SSSR count). The van der Waals surface area contributed by atoms with E-state index in [1.807, 2.05) is 0 Å². The first-order valence-electron chi connectivity index (χ1n) is 7.76. The maximum Gasteiger partial charge on any atom is 0.155 e. The summed E-state index contributed by atoms with van der Waals surface area (Å²) >= 11 is 1.75. The van der Waals surface area contributed by atoms with Crippen LogP contribution >= 0.6 is 11.3 Å². The van der Waals surface area contributed by atoms with Gasteiger partial charge >= 0.3 is 0 Å². The Hall–Kier alpha value is -2.36. The molecule has 2 aliphatic rings. The number of hydrogen-bond donors (Lipinski definition) is 0. The van der Waals surface area contributed by atoms with Gasteiger partial charge in [0, 0.05) is 10.4 Å². The molecule has 0 bridgehead atoms. The van der Waals surface area contributed by atoms with Gasteiger partial charge in [-0.1, -0.05) is 48.5 Å². The molecule has 0 unspecified atom stereocenters. The van der Waals surface area contributed by atoms with Crippen LogP contribution in [0.2, 0.25) is 0 Å². The largest absolute Gasteiger partial charge is 0.341 e. The number of anilines is 2. The van der Waals surface area contributed by atoms with Crippen molar-refractivity contribution < 1.29 is 4.74 Å². The third kappa shape index (κ3) is 1.97. The van der Waals surface area contributed by atoms with E-state index in [4.69, 9.17) is 4.74 Å². The van der Waals surface area contributed by atoms with E-state index in [9.17, 15) is 0 Å². The van der Waals surface area contributed by atoms with Crippen LogP contribution in [0.1, 0.15) is 22.1 Å². The predicted molar refractivity (Wildman–Crippen MR) is 95.1 cm³/mol. The van der Waals surface area contributed by atoms with E-state index in [0.717, 1.165) is 0 Å². The van der Waals surface area contributed by atoms with Crippen LogP contribution in [0.5, 0.6) is 0 Å². The molecule has 0 N–H and O–H groups in total. The van der Waals surface area contributed by atoms with Gasteiger partial charge in [0.25, 0.3) is 0 Å². The number of rotatable bonds is 1. The van der Waals surface area contributed by atoms with Gasteiger partial charge in [-0.15, -0.1) is 11.3 Å². The number of hydrogen-bond acceptors (Lipinski definition) is 3. The van der Waals surface area contributed by atoms with Crippen LogP contribution < -0.4 is 4.90 Å². The van der Waals surface area contributed by atoms with Gasteiger partial charge in [0.05, 0.1) is 11.4 Å². The summed E-state index contributed by atoms with van der Waals surface area (Å²) in [7, 11) is 0. The average molecular weight is 317 g/mol. The minimum absolute atomic E-state index is 0.00219. The lowest BCUT2D eigenvalue weighted by atomic mass is 9.98. The molecule has 2 aromatic carbocycles. The van der Waals surface area contributed by atoms with E-state index in [1.54, 1.807) is 11.3 Å². The van der Waals surface area contributed by atoms with Gasteiger partial charge in [0.1, 0.15) is 6.10 Å².